The molecule has 1 rings (SSSR count). The minimum Gasteiger partial charge on any atom is -0.186 e. The van der Waals surface area contributed by atoms with Crippen LogP contribution in [-0.2, 0) is 7.05 Å². The van der Waals surface area contributed by atoms with Crippen LogP contribution in [0.1, 0.15) is 0 Å². The number of rotatable bonds is 0. The van der Waals surface area contributed by atoms with Crippen molar-refractivity contribution in [2.24, 2.45) is 7.05 Å². The molecule has 1 aromatic heterocycles. The molecular weight excluding hydrogens is 158 g/mol. The van der Waals surface area contributed by atoms with Crippen LogP contribution < -0.4 is 0 Å². The Morgan fingerprint density at radius 3 is 2.71 bits per heavy atom. The summed E-state index contributed by atoms with van der Waals surface area (Å²) < 4.78 is 0.648. The first-order valence-electron chi connectivity index (χ1n) is 1.73. The van der Waals surface area contributed by atoms with Crippen LogP contribution in [0.3, 0.4) is 0 Å². The molecule has 0 atom stereocenters. The Morgan fingerprint density at radius 2 is 2.57 bits per heavy atom. The van der Waals surface area contributed by atoms with E-state index in [9.17, 15) is 0 Å². The Morgan fingerprint density at radius 1 is 1.86 bits per heavy atom. The number of aromatic nitrogens is 3. The van der Waals surface area contributed by atoms with E-state index in [1.54, 1.807) is 7.05 Å². The van der Waals surface area contributed by atoms with E-state index in [0.717, 1.165) is 0 Å². The van der Waals surface area contributed by atoms with Crippen LogP contribution in [0.4, 0.5) is 0 Å². The van der Waals surface area contributed by atoms with Gasteiger partial charge < -0.3 is 0 Å². The number of nitrogens with zero attached hydrogens (tertiary/aromatic N) is 3. The number of hydrogen-bond acceptors (Lipinski definition) is 2. The fourth-order valence-corrected chi connectivity index (χ4v) is 0.594. The van der Waals surface area contributed by atoms with Crippen molar-refractivity contribution in [1.29, 1.82) is 0 Å². The Balaban J connectivity index is 3.04. The second kappa shape index (κ2) is 1.61. The Kier molecular flexibility index (Phi) is 1.10. The zero-order valence-electron chi connectivity index (χ0n) is 3.72. The second-order valence-corrected chi connectivity index (χ2v) is 1.84. The van der Waals surface area contributed by atoms with Gasteiger partial charge in [0.2, 0.25) is 0 Å². The van der Waals surface area contributed by atoms with Crippen molar-refractivity contribution < 1.29 is 0 Å². The zero-order chi connectivity index (χ0) is 5.28. The SMILES string of the molecule is Cn1n[c]c(Br)n1. The molecule has 1 radical (unpaired) electrons. The Hall–Kier alpha value is -0.380. The van der Waals surface area contributed by atoms with Crippen molar-refractivity contribution in [3.05, 3.63) is 10.8 Å². The summed E-state index contributed by atoms with van der Waals surface area (Å²) in [5.41, 5.74) is 0. The first-order valence-corrected chi connectivity index (χ1v) is 2.53. The minimum atomic E-state index is 0.648. The van der Waals surface area contributed by atoms with Gasteiger partial charge in [-0.1, -0.05) is 0 Å². The largest absolute Gasteiger partial charge is 0.186 e. The second-order valence-electron chi connectivity index (χ2n) is 1.09. The van der Waals surface area contributed by atoms with Crippen LogP contribution in [0.2, 0.25) is 0 Å². The lowest BCUT2D eigenvalue weighted by Crippen LogP contribution is -1.90. The standard InChI is InChI=1S/C3H3BrN3/c1-7-5-2-3(4)6-7/h1H3. The smallest absolute Gasteiger partial charge is 0.158 e. The highest BCUT2D eigenvalue weighted by molar-refractivity contribution is 9.10. The number of halogens is 1. The van der Waals surface area contributed by atoms with Gasteiger partial charge in [0.1, 0.15) is 0 Å². The van der Waals surface area contributed by atoms with E-state index in [0.29, 0.717) is 4.60 Å². The topological polar surface area (TPSA) is 30.7 Å². The number of aryl methyl sites for hydroxylation is 1. The summed E-state index contributed by atoms with van der Waals surface area (Å²) in [6.45, 7) is 0. The lowest BCUT2D eigenvalue weighted by Gasteiger charge is -1.76. The Labute approximate surface area is 49.5 Å². The average Bonchev–Trinajstić information content (AvgIpc) is 1.87. The van der Waals surface area contributed by atoms with Gasteiger partial charge in [-0.25, -0.2) is 0 Å². The Bertz CT molecular complexity index is 142. The van der Waals surface area contributed by atoms with Gasteiger partial charge in [0, 0.05) is 7.05 Å². The maximum Gasteiger partial charge on any atom is 0.158 e. The third-order valence-electron chi connectivity index (χ3n) is 0.519. The molecule has 0 amide bonds. The molecule has 7 heavy (non-hydrogen) atoms. The van der Waals surface area contributed by atoms with E-state index in [2.05, 4.69) is 32.3 Å². The molecule has 0 spiro atoms. The molecule has 0 aliphatic rings. The van der Waals surface area contributed by atoms with Gasteiger partial charge in [0.05, 0.1) is 0 Å². The van der Waals surface area contributed by atoms with Gasteiger partial charge >= 0.3 is 0 Å². The third-order valence-corrected chi connectivity index (χ3v) is 0.855. The summed E-state index contributed by atoms with van der Waals surface area (Å²) in [7, 11) is 1.74. The normalized spacial score (nSPS) is 9.43. The monoisotopic (exact) mass is 160 g/mol. The molecule has 1 heterocycles. The number of hydrogen-bond donors (Lipinski definition) is 0. The van der Waals surface area contributed by atoms with E-state index in [1.165, 1.54) is 4.80 Å². The maximum absolute atomic E-state index is 3.78. The van der Waals surface area contributed by atoms with Crippen molar-refractivity contribution in [1.82, 2.24) is 15.0 Å². The highest BCUT2D eigenvalue weighted by Crippen LogP contribution is 1.97. The van der Waals surface area contributed by atoms with Gasteiger partial charge in [-0.05, 0) is 15.9 Å². The van der Waals surface area contributed by atoms with E-state index in [1.807, 2.05) is 0 Å². The zero-order valence-corrected chi connectivity index (χ0v) is 5.31. The average molecular weight is 161 g/mol. The summed E-state index contributed by atoms with van der Waals surface area (Å²) in [6, 6.07) is 0. The third kappa shape index (κ3) is 0.991. The molecule has 0 saturated carbocycles. The van der Waals surface area contributed by atoms with Crippen LogP contribution in [0.15, 0.2) is 4.60 Å². The van der Waals surface area contributed by atoms with Crippen LogP contribution in [0.5, 0.6) is 0 Å². The lowest BCUT2D eigenvalue weighted by molar-refractivity contribution is 0.650. The molecule has 0 bridgehead atoms. The van der Waals surface area contributed by atoms with Gasteiger partial charge in [-0.3, -0.25) is 0 Å². The molecule has 0 fully saturated rings. The van der Waals surface area contributed by atoms with Crippen LogP contribution in [0.25, 0.3) is 0 Å². The molecule has 1 aromatic rings. The summed E-state index contributed by atoms with van der Waals surface area (Å²) in [5, 5.41) is 7.43. The fourth-order valence-electron chi connectivity index (χ4n) is 0.285. The predicted octanol–water partition coefficient (Wildman–Crippen LogP) is 0.378. The molecule has 3 nitrogen and oxygen atoms in total. The van der Waals surface area contributed by atoms with E-state index in [4.69, 9.17) is 0 Å². The van der Waals surface area contributed by atoms with Crippen LogP contribution in [0, 0.1) is 6.20 Å². The van der Waals surface area contributed by atoms with Gasteiger partial charge in [-0.15, -0.1) is 5.10 Å². The first-order chi connectivity index (χ1) is 3.29. The molecular formula is C3H3BrN3. The molecule has 0 aliphatic heterocycles. The van der Waals surface area contributed by atoms with E-state index < -0.39 is 0 Å². The minimum absolute atomic E-state index is 0.648. The molecule has 0 saturated heterocycles. The van der Waals surface area contributed by atoms with Gasteiger partial charge in [-0.2, -0.15) is 9.90 Å². The van der Waals surface area contributed by atoms with Crippen molar-refractivity contribution in [3.63, 3.8) is 0 Å². The molecule has 0 N–H and O–H groups in total. The summed E-state index contributed by atoms with van der Waals surface area (Å²) >= 11 is 3.08. The van der Waals surface area contributed by atoms with Crippen LogP contribution >= 0.6 is 15.9 Å². The van der Waals surface area contributed by atoms with Crippen molar-refractivity contribution in [3.8, 4) is 0 Å². The molecule has 0 aromatic carbocycles. The maximum atomic E-state index is 3.78. The molecule has 37 valence electrons. The molecule has 0 unspecified atom stereocenters. The van der Waals surface area contributed by atoms with Crippen LogP contribution in [-0.4, -0.2) is 15.0 Å². The predicted molar refractivity (Wildman–Crippen MR) is 27.5 cm³/mol. The quantitative estimate of drug-likeness (QED) is 0.550. The van der Waals surface area contributed by atoms with Gasteiger partial charge in [0.15, 0.2) is 10.8 Å². The summed E-state index contributed by atoms with van der Waals surface area (Å²) in [6.07, 6.45) is 2.59. The fraction of sp³-hybridized carbons (Fsp3) is 0.333. The van der Waals surface area contributed by atoms with Crippen molar-refractivity contribution >= 4 is 15.9 Å². The summed E-state index contributed by atoms with van der Waals surface area (Å²) in [5.74, 6) is 0. The highest BCUT2D eigenvalue weighted by atomic mass is 79.9. The first kappa shape index (κ1) is 4.77. The van der Waals surface area contributed by atoms with Crippen molar-refractivity contribution in [2.75, 3.05) is 0 Å². The van der Waals surface area contributed by atoms with Gasteiger partial charge in [0.25, 0.3) is 0 Å². The van der Waals surface area contributed by atoms with E-state index in [-0.39, 0.29) is 0 Å². The molecule has 4 heteroatoms. The lowest BCUT2D eigenvalue weighted by atomic mass is 11.0. The van der Waals surface area contributed by atoms with E-state index >= 15 is 0 Å². The highest BCUT2D eigenvalue weighted by Gasteiger charge is 1.87. The van der Waals surface area contributed by atoms with Crippen molar-refractivity contribution in [2.45, 2.75) is 0 Å². The summed E-state index contributed by atoms with van der Waals surface area (Å²) in [4.78, 5) is 1.43. The molecule has 0 aliphatic carbocycles.